The quantitative estimate of drug-likeness (QED) is 0.744. The maximum absolute atomic E-state index is 12.7. The number of fused-ring (bicyclic) bond motifs is 1. The van der Waals surface area contributed by atoms with Crippen molar-refractivity contribution >= 4 is 11.5 Å². The molecule has 3 aromatic rings. The summed E-state index contributed by atoms with van der Waals surface area (Å²) in [5.74, 6) is 0.279. The van der Waals surface area contributed by atoms with Gasteiger partial charge in [-0.3, -0.25) is 9.38 Å². The number of hydrogen-bond acceptors (Lipinski definition) is 3. The Morgan fingerprint density at radius 3 is 2.65 bits per heavy atom. The average molecular weight is 278 g/mol. The van der Waals surface area contributed by atoms with Crippen LogP contribution in [0.2, 0.25) is 0 Å². The molecule has 7 heteroatoms. The highest BCUT2D eigenvalue weighted by atomic mass is 19.4. The molecule has 0 unspecified atom stereocenters. The number of alkyl halides is 3. The van der Waals surface area contributed by atoms with Crippen LogP contribution in [-0.4, -0.2) is 14.4 Å². The van der Waals surface area contributed by atoms with Gasteiger partial charge in [0.1, 0.15) is 17.2 Å². The van der Waals surface area contributed by atoms with Crippen molar-refractivity contribution in [2.45, 2.75) is 6.18 Å². The maximum atomic E-state index is 12.7. The fraction of sp³-hybridized carbons (Fsp3) is 0.0769. The summed E-state index contributed by atoms with van der Waals surface area (Å²) in [6, 6.07) is 5.39. The fourth-order valence-corrected chi connectivity index (χ4v) is 1.96. The Balaban J connectivity index is 2.20. The molecule has 0 aliphatic heterocycles. The van der Waals surface area contributed by atoms with Gasteiger partial charge in [-0.15, -0.1) is 0 Å². The second kappa shape index (κ2) is 4.22. The van der Waals surface area contributed by atoms with Gasteiger partial charge in [0.2, 0.25) is 0 Å². The second-order valence-electron chi connectivity index (χ2n) is 4.23. The van der Waals surface area contributed by atoms with Crippen LogP contribution in [0.3, 0.4) is 0 Å². The third-order valence-corrected chi connectivity index (χ3v) is 2.93. The van der Waals surface area contributed by atoms with Crippen molar-refractivity contribution in [3.05, 3.63) is 48.4 Å². The molecule has 0 aliphatic rings. The van der Waals surface area contributed by atoms with E-state index in [0.717, 1.165) is 12.1 Å². The monoisotopic (exact) mass is 278 g/mol. The number of hydrogen-bond donors (Lipinski definition) is 1. The minimum atomic E-state index is -4.41. The number of pyridine rings is 2. The molecule has 102 valence electrons. The molecule has 4 nitrogen and oxygen atoms in total. The number of aromatic nitrogens is 3. The van der Waals surface area contributed by atoms with E-state index in [1.807, 2.05) is 0 Å². The largest absolute Gasteiger partial charge is 0.416 e. The van der Waals surface area contributed by atoms with Crippen LogP contribution in [-0.2, 0) is 6.18 Å². The third kappa shape index (κ3) is 1.97. The molecule has 0 aromatic carbocycles. The Bertz CT molecular complexity index is 762. The number of nitrogens with two attached hydrogens (primary N) is 1. The first-order chi connectivity index (χ1) is 9.47. The molecule has 0 saturated carbocycles. The molecule has 0 amide bonds. The second-order valence-corrected chi connectivity index (χ2v) is 4.23. The summed E-state index contributed by atoms with van der Waals surface area (Å²) in [6.45, 7) is 0. The normalized spacial score (nSPS) is 11.9. The molecule has 3 rings (SSSR count). The molecule has 0 spiro atoms. The minimum Gasteiger partial charge on any atom is -0.383 e. The van der Waals surface area contributed by atoms with Crippen molar-refractivity contribution in [1.29, 1.82) is 0 Å². The summed E-state index contributed by atoms with van der Waals surface area (Å²) in [5.41, 5.74) is 6.38. The highest BCUT2D eigenvalue weighted by Crippen LogP contribution is 2.32. The number of halogens is 3. The van der Waals surface area contributed by atoms with Gasteiger partial charge in [-0.25, -0.2) is 4.98 Å². The lowest BCUT2D eigenvalue weighted by molar-refractivity contribution is -0.137. The van der Waals surface area contributed by atoms with Gasteiger partial charge in [-0.05, 0) is 24.3 Å². The first-order valence-electron chi connectivity index (χ1n) is 5.72. The zero-order chi connectivity index (χ0) is 14.3. The topological polar surface area (TPSA) is 56.2 Å². The van der Waals surface area contributed by atoms with E-state index in [2.05, 4.69) is 9.97 Å². The molecular formula is C13H9F3N4. The van der Waals surface area contributed by atoms with E-state index in [0.29, 0.717) is 11.3 Å². The van der Waals surface area contributed by atoms with Crippen molar-refractivity contribution in [2.24, 2.45) is 0 Å². The Morgan fingerprint density at radius 2 is 2.00 bits per heavy atom. The Morgan fingerprint density at radius 1 is 1.20 bits per heavy atom. The van der Waals surface area contributed by atoms with E-state index < -0.39 is 11.7 Å². The van der Waals surface area contributed by atoms with Crippen LogP contribution in [0.1, 0.15) is 5.56 Å². The lowest BCUT2D eigenvalue weighted by atomic mass is 10.2. The molecule has 3 aromatic heterocycles. The standard InChI is InChI=1S/C13H9F3N4/c14-13(15,16)9-3-5-20-10(6-9)19-11(12(20)17)8-2-1-4-18-7-8/h1-7H,17H2. The summed E-state index contributed by atoms with van der Waals surface area (Å²) in [5, 5.41) is 0. The van der Waals surface area contributed by atoms with Gasteiger partial charge < -0.3 is 5.73 Å². The van der Waals surface area contributed by atoms with Crippen molar-refractivity contribution in [3.8, 4) is 11.3 Å². The Kier molecular flexibility index (Phi) is 2.63. The summed E-state index contributed by atoms with van der Waals surface area (Å²) in [7, 11) is 0. The summed E-state index contributed by atoms with van der Waals surface area (Å²) in [4.78, 5) is 8.10. The summed E-state index contributed by atoms with van der Waals surface area (Å²) < 4.78 is 39.4. The smallest absolute Gasteiger partial charge is 0.383 e. The van der Waals surface area contributed by atoms with Gasteiger partial charge in [-0.2, -0.15) is 13.2 Å². The van der Waals surface area contributed by atoms with Crippen molar-refractivity contribution in [2.75, 3.05) is 5.73 Å². The van der Waals surface area contributed by atoms with Crippen LogP contribution in [0.4, 0.5) is 19.0 Å². The molecule has 0 fully saturated rings. The van der Waals surface area contributed by atoms with E-state index in [1.54, 1.807) is 24.5 Å². The molecule has 0 radical (unpaired) electrons. The van der Waals surface area contributed by atoms with Gasteiger partial charge >= 0.3 is 6.18 Å². The maximum Gasteiger partial charge on any atom is 0.416 e. The van der Waals surface area contributed by atoms with Crippen LogP contribution < -0.4 is 5.73 Å². The van der Waals surface area contributed by atoms with Gasteiger partial charge in [-0.1, -0.05) is 0 Å². The van der Waals surface area contributed by atoms with E-state index in [9.17, 15) is 13.2 Å². The van der Waals surface area contributed by atoms with E-state index >= 15 is 0 Å². The highest BCUT2D eigenvalue weighted by molar-refractivity contribution is 5.74. The SMILES string of the molecule is Nc1c(-c2cccnc2)nc2cc(C(F)(F)F)ccn12. The molecule has 3 heterocycles. The predicted molar refractivity (Wildman–Crippen MR) is 67.8 cm³/mol. The van der Waals surface area contributed by atoms with Crippen LogP contribution in [0, 0.1) is 0 Å². The molecular weight excluding hydrogens is 269 g/mol. The van der Waals surface area contributed by atoms with E-state index in [-0.39, 0.29) is 11.5 Å². The summed E-state index contributed by atoms with van der Waals surface area (Å²) >= 11 is 0. The number of anilines is 1. The Labute approximate surface area is 111 Å². The molecule has 0 atom stereocenters. The molecule has 0 aliphatic carbocycles. The van der Waals surface area contributed by atoms with Crippen LogP contribution in [0.15, 0.2) is 42.9 Å². The number of nitrogens with zero attached hydrogens (tertiary/aromatic N) is 3. The van der Waals surface area contributed by atoms with Gasteiger partial charge in [0, 0.05) is 24.2 Å². The average Bonchev–Trinajstić information content (AvgIpc) is 2.76. The molecule has 2 N–H and O–H groups in total. The van der Waals surface area contributed by atoms with Crippen molar-refractivity contribution in [1.82, 2.24) is 14.4 Å². The number of imidazole rings is 1. The van der Waals surface area contributed by atoms with Gasteiger partial charge in [0.15, 0.2) is 0 Å². The first kappa shape index (κ1) is 12.5. The predicted octanol–water partition coefficient (Wildman–Crippen LogP) is 3.00. The van der Waals surface area contributed by atoms with Crippen molar-refractivity contribution < 1.29 is 13.2 Å². The zero-order valence-corrected chi connectivity index (χ0v) is 10.1. The van der Waals surface area contributed by atoms with Crippen LogP contribution in [0.5, 0.6) is 0 Å². The van der Waals surface area contributed by atoms with Crippen LogP contribution in [0.25, 0.3) is 16.9 Å². The lowest BCUT2D eigenvalue weighted by Crippen LogP contribution is -2.05. The Hall–Kier alpha value is -2.57. The summed E-state index contributed by atoms with van der Waals surface area (Å²) in [6.07, 6.45) is 0.0112. The first-order valence-corrected chi connectivity index (χ1v) is 5.72. The molecule has 0 bridgehead atoms. The van der Waals surface area contributed by atoms with Crippen molar-refractivity contribution in [3.63, 3.8) is 0 Å². The van der Waals surface area contributed by atoms with E-state index in [1.165, 1.54) is 10.6 Å². The zero-order valence-electron chi connectivity index (χ0n) is 10.1. The highest BCUT2D eigenvalue weighted by Gasteiger charge is 2.31. The van der Waals surface area contributed by atoms with E-state index in [4.69, 9.17) is 5.73 Å². The fourth-order valence-electron chi connectivity index (χ4n) is 1.96. The van der Waals surface area contributed by atoms with Crippen LogP contribution >= 0.6 is 0 Å². The number of nitrogen functional groups attached to an aromatic ring is 1. The minimum absolute atomic E-state index is 0.149. The third-order valence-electron chi connectivity index (χ3n) is 2.93. The lowest BCUT2D eigenvalue weighted by Gasteiger charge is -2.06. The molecule has 0 saturated heterocycles. The van der Waals surface area contributed by atoms with Gasteiger partial charge in [0.25, 0.3) is 0 Å². The number of rotatable bonds is 1. The van der Waals surface area contributed by atoms with Gasteiger partial charge in [0.05, 0.1) is 5.56 Å². The molecule has 20 heavy (non-hydrogen) atoms.